The molecule has 0 aliphatic rings. The van der Waals surface area contributed by atoms with E-state index in [0.29, 0.717) is 0 Å². The van der Waals surface area contributed by atoms with Gasteiger partial charge in [-0.1, -0.05) is 31.2 Å². The van der Waals surface area contributed by atoms with Crippen molar-refractivity contribution in [2.24, 2.45) is 0 Å². The molecule has 0 amide bonds. The van der Waals surface area contributed by atoms with Crippen molar-refractivity contribution in [2.45, 2.75) is 26.4 Å². The molecule has 2 heterocycles. The van der Waals surface area contributed by atoms with E-state index in [1.54, 1.807) is 0 Å². The van der Waals surface area contributed by atoms with E-state index in [4.69, 9.17) is 0 Å². The van der Waals surface area contributed by atoms with Gasteiger partial charge in [0.15, 0.2) is 0 Å². The predicted molar refractivity (Wildman–Crippen MR) is 87.3 cm³/mol. The fraction of sp³-hybridized carbons (Fsp3) is 0.278. The van der Waals surface area contributed by atoms with Crippen LogP contribution in [-0.2, 0) is 13.1 Å². The van der Waals surface area contributed by atoms with Gasteiger partial charge < -0.3 is 9.88 Å². The SMILES string of the molecule is CCCNCc1cccc2ccn(Cc3cccnc3)c12. The van der Waals surface area contributed by atoms with Crippen LogP contribution in [0.2, 0.25) is 0 Å². The second-order valence-electron chi connectivity index (χ2n) is 5.34. The van der Waals surface area contributed by atoms with E-state index in [9.17, 15) is 0 Å². The average molecular weight is 279 g/mol. The highest BCUT2D eigenvalue weighted by atomic mass is 15.0. The Morgan fingerprint density at radius 1 is 1.14 bits per heavy atom. The lowest BCUT2D eigenvalue weighted by molar-refractivity contribution is 0.675. The molecule has 0 radical (unpaired) electrons. The summed E-state index contributed by atoms with van der Waals surface area (Å²) in [6, 6.07) is 12.8. The number of aromatic nitrogens is 2. The van der Waals surface area contributed by atoms with Gasteiger partial charge in [0.1, 0.15) is 0 Å². The van der Waals surface area contributed by atoms with Crippen molar-refractivity contribution >= 4 is 10.9 Å². The van der Waals surface area contributed by atoms with E-state index in [2.05, 4.69) is 58.3 Å². The number of fused-ring (bicyclic) bond motifs is 1. The Morgan fingerprint density at radius 3 is 2.90 bits per heavy atom. The fourth-order valence-corrected chi connectivity index (χ4v) is 2.70. The maximum Gasteiger partial charge on any atom is 0.0529 e. The number of nitrogens with one attached hydrogen (secondary N) is 1. The van der Waals surface area contributed by atoms with Gasteiger partial charge in [0.05, 0.1) is 5.52 Å². The molecular weight excluding hydrogens is 258 g/mol. The third-order valence-electron chi connectivity index (χ3n) is 3.69. The van der Waals surface area contributed by atoms with E-state index in [-0.39, 0.29) is 0 Å². The van der Waals surface area contributed by atoms with E-state index in [0.717, 1.165) is 26.1 Å². The number of hydrogen-bond donors (Lipinski definition) is 1. The quantitative estimate of drug-likeness (QED) is 0.699. The summed E-state index contributed by atoms with van der Waals surface area (Å²) in [5, 5.41) is 4.80. The molecule has 0 saturated carbocycles. The monoisotopic (exact) mass is 279 g/mol. The molecule has 0 atom stereocenters. The normalized spacial score (nSPS) is 11.1. The molecule has 3 heteroatoms. The molecule has 0 unspecified atom stereocenters. The van der Waals surface area contributed by atoms with Gasteiger partial charge in [0, 0.05) is 31.7 Å². The molecule has 0 aliphatic carbocycles. The number of nitrogens with zero attached hydrogens (tertiary/aromatic N) is 2. The Bertz CT molecular complexity index is 701. The van der Waals surface area contributed by atoms with Crippen LogP contribution in [0.5, 0.6) is 0 Å². The Balaban J connectivity index is 1.91. The van der Waals surface area contributed by atoms with Crippen LogP contribution in [0.3, 0.4) is 0 Å². The van der Waals surface area contributed by atoms with Crippen LogP contribution in [0.1, 0.15) is 24.5 Å². The van der Waals surface area contributed by atoms with Crippen LogP contribution in [0.15, 0.2) is 55.0 Å². The summed E-state index contributed by atoms with van der Waals surface area (Å²) in [6.07, 6.45) is 7.08. The largest absolute Gasteiger partial charge is 0.343 e. The molecule has 3 rings (SSSR count). The van der Waals surface area contributed by atoms with E-state index < -0.39 is 0 Å². The molecule has 0 bridgehead atoms. The van der Waals surface area contributed by atoms with Gasteiger partial charge in [-0.25, -0.2) is 0 Å². The summed E-state index contributed by atoms with van der Waals surface area (Å²) >= 11 is 0. The Kier molecular flexibility index (Phi) is 4.31. The minimum atomic E-state index is 0.863. The first-order valence-corrected chi connectivity index (χ1v) is 7.55. The molecule has 0 saturated heterocycles. The third kappa shape index (κ3) is 3.14. The lowest BCUT2D eigenvalue weighted by Crippen LogP contribution is -2.14. The van der Waals surface area contributed by atoms with Gasteiger partial charge in [0.25, 0.3) is 0 Å². The summed E-state index contributed by atoms with van der Waals surface area (Å²) in [5.41, 5.74) is 3.91. The van der Waals surface area contributed by atoms with Crippen LogP contribution < -0.4 is 5.32 Å². The highest BCUT2D eigenvalue weighted by Crippen LogP contribution is 2.21. The second kappa shape index (κ2) is 6.55. The molecule has 0 aliphatic heterocycles. The van der Waals surface area contributed by atoms with E-state index in [1.807, 2.05) is 18.5 Å². The maximum absolute atomic E-state index is 4.20. The minimum absolute atomic E-state index is 0.863. The van der Waals surface area contributed by atoms with Crippen molar-refractivity contribution in [3.63, 3.8) is 0 Å². The minimum Gasteiger partial charge on any atom is -0.343 e. The Hall–Kier alpha value is -2.13. The molecule has 3 aromatic rings. The molecule has 21 heavy (non-hydrogen) atoms. The maximum atomic E-state index is 4.20. The van der Waals surface area contributed by atoms with Crippen molar-refractivity contribution in [2.75, 3.05) is 6.54 Å². The summed E-state index contributed by atoms with van der Waals surface area (Å²) in [7, 11) is 0. The first kappa shape index (κ1) is 13.8. The van der Waals surface area contributed by atoms with Crippen molar-refractivity contribution in [1.82, 2.24) is 14.9 Å². The van der Waals surface area contributed by atoms with Gasteiger partial charge in [0.2, 0.25) is 0 Å². The molecule has 1 N–H and O–H groups in total. The standard InChI is InChI=1S/C18H21N3/c1-2-9-19-13-17-7-3-6-16-8-11-21(18(16)17)14-15-5-4-10-20-12-15/h3-8,10-12,19H,2,9,13-14H2,1H3. The van der Waals surface area contributed by atoms with Crippen LogP contribution >= 0.6 is 0 Å². The smallest absolute Gasteiger partial charge is 0.0529 e. The summed E-state index contributed by atoms with van der Waals surface area (Å²) < 4.78 is 2.31. The highest BCUT2D eigenvalue weighted by molar-refractivity contribution is 5.83. The summed E-state index contributed by atoms with van der Waals surface area (Å²) in [4.78, 5) is 4.20. The topological polar surface area (TPSA) is 29.9 Å². The van der Waals surface area contributed by atoms with E-state index in [1.165, 1.54) is 22.0 Å². The number of para-hydroxylation sites is 1. The Morgan fingerprint density at radius 2 is 2.10 bits per heavy atom. The van der Waals surface area contributed by atoms with E-state index >= 15 is 0 Å². The molecule has 1 aromatic carbocycles. The van der Waals surface area contributed by atoms with Crippen LogP contribution in [0.4, 0.5) is 0 Å². The molecule has 108 valence electrons. The van der Waals surface area contributed by atoms with Crippen LogP contribution in [0, 0.1) is 0 Å². The molecule has 3 nitrogen and oxygen atoms in total. The zero-order valence-corrected chi connectivity index (χ0v) is 12.4. The van der Waals surface area contributed by atoms with Crippen LogP contribution in [0.25, 0.3) is 10.9 Å². The predicted octanol–water partition coefficient (Wildman–Crippen LogP) is 3.58. The number of pyridine rings is 1. The highest BCUT2D eigenvalue weighted by Gasteiger charge is 2.07. The van der Waals surface area contributed by atoms with Crippen molar-refractivity contribution in [3.05, 3.63) is 66.1 Å². The van der Waals surface area contributed by atoms with Crippen molar-refractivity contribution < 1.29 is 0 Å². The van der Waals surface area contributed by atoms with Gasteiger partial charge >= 0.3 is 0 Å². The first-order chi connectivity index (χ1) is 10.4. The van der Waals surface area contributed by atoms with Crippen molar-refractivity contribution in [3.8, 4) is 0 Å². The lowest BCUT2D eigenvalue weighted by atomic mass is 10.1. The van der Waals surface area contributed by atoms with Gasteiger partial charge in [-0.3, -0.25) is 4.98 Å². The Labute approximate surface area is 125 Å². The fourth-order valence-electron chi connectivity index (χ4n) is 2.70. The molecular formula is C18H21N3. The zero-order valence-electron chi connectivity index (χ0n) is 12.4. The number of benzene rings is 1. The first-order valence-electron chi connectivity index (χ1n) is 7.55. The van der Waals surface area contributed by atoms with Gasteiger partial charge in [-0.2, -0.15) is 0 Å². The summed E-state index contributed by atoms with van der Waals surface area (Å²) in [5.74, 6) is 0. The number of hydrogen-bond acceptors (Lipinski definition) is 2. The summed E-state index contributed by atoms with van der Waals surface area (Å²) in [6.45, 7) is 5.03. The van der Waals surface area contributed by atoms with Crippen molar-refractivity contribution in [1.29, 1.82) is 0 Å². The second-order valence-corrected chi connectivity index (χ2v) is 5.34. The molecule has 0 spiro atoms. The lowest BCUT2D eigenvalue weighted by Gasteiger charge is -2.10. The average Bonchev–Trinajstić information content (AvgIpc) is 2.93. The zero-order chi connectivity index (χ0) is 14.5. The molecule has 0 fully saturated rings. The van der Waals surface area contributed by atoms with Crippen LogP contribution in [-0.4, -0.2) is 16.1 Å². The van der Waals surface area contributed by atoms with Gasteiger partial charge in [-0.15, -0.1) is 0 Å². The number of rotatable bonds is 6. The van der Waals surface area contributed by atoms with Gasteiger partial charge in [-0.05, 0) is 41.6 Å². The third-order valence-corrected chi connectivity index (χ3v) is 3.69. The molecule has 2 aromatic heterocycles.